The molecular formula is C13H15BrN2O3. The van der Waals surface area contributed by atoms with Gasteiger partial charge in [0.15, 0.2) is 0 Å². The molecule has 2 aromatic heterocycles. The molecule has 0 saturated heterocycles. The number of aliphatic hydroxyl groups is 1. The third-order valence-corrected chi connectivity index (χ3v) is 3.18. The van der Waals surface area contributed by atoms with Crippen LogP contribution in [0.5, 0.6) is 0 Å². The number of furan rings is 1. The van der Waals surface area contributed by atoms with Crippen LogP contribution >= 0.6 is 15.9 Å². The van der Waals surface area contributed by atoms with E-state index in [1.807, 2.05) is 6.92 Å². The first-order valence-electron chi connectivity index (χ1n) is 5.92. The van der Waals surface area contributed by atoms with Gasteiger partial charge < -0.3 is 19.8 Å². The van der Waals surface area contributed by atoms with E-state index in [2.05, 4.69) is 26.2 Å². The molecule has 2 rings (SSSR count). The Bertz CT molecular complexity index is 536. The minimum atomic E-state index is -0.722. The molecule has 0 aliphatic heterocycles. The number of rotatable bonds is 5. The summed E-state index contributed by atoms with van der Waals surface area (Å²) >= 11 is 3.27. The van der Waals surface area contributed by atoms with Crippen molar-refractivity contribution >= 4 is 21.8 Å². The first-order chi connectivity index (χ1) is 9.06. The highest BCUT2D eigenvalue weighted by atomic mass is 79.9. The third kappa shape index (κ3) is 3.71. The quantitative estimate of drug-likeness (QED) is 0.790. The van der Waals surface area contributed by atoms with Gasteiger partial charge in [-0.2, -0.15) is 0 Å². The molecule has 3 N–H and O–H groups in total. The lowest BCUT2D eigenvalue weighted by atomic mass is 10.1. The summed E-state index contributed by atoms with van der Waals surface area (Å²) in [6.45, 7) is 1.84. The van der Waals surface area contributed by atoms with E-state index in [0.29, 0.717) is 17.9 Å². The molecule has 0 spiro atoms. The molecule has 0 bridgehead atoms. The third-order valence-electron chi connectivity index (χ3n) is 2.72. The Morgan fingerprint density at radius 2 is 2.42 bits per heavy atom. The van der Waals surface area contributed by atoms with Crippen LogP contribution in [0, 0.1) is 0 Å². The second kappa shape index (κ2) is 6.08. The zero-order valence-electron chi connectivity index (χ0n) is 10.4. The molecule has 102 valence electrons. The summed E-state index contributed by atoms with van der Waals surface area (Å²) in [4.78, 5) is 14.7. The molecule has 0 aromatic carbocycles. The van der Waals surface area contributed by atoms with E-state index in [-0.39, 0.29) is 11.9 Å². The number of aromatic amines is 1. The number of amides is 1. The Labute approximate surface area is 119 Å². The number of hydrogen-bond acceptors (Lipinski definition) is 3. The van der Waals surface area contributed by atoms with Crippen molar-refractivity contribution < 1.29 is 14.3 Å². The van der Waals surface area contributed by atoms with Crippen LogP contribution < -0.4 is 5.32 Å². The molecule has 0 unspecified atom stereocenters. The van der Waals surface area contributed by atoms with Crippen molar-refractivity contribution in [2.45, 2.75) is 25.5 Å². The van der Waals surface area contributed by atoms with Gasteiger partial charge in [-0.15, -0.1) is 0 Å². The number of H-pyrrole nitrogens is 1. The molecule has 0 radical (unpaired) electrons. The molecular weight excluding hydrogens is 312 g/mol. The predicted molar refractivity (Wildman–Crippen MR) is 73.7 cm³/mol. The van der Waals surface area contributed by atoms with Gasteiger partial charge in [-0.05, 0) is 41.1 Å². The smallest absolute Gasteiger partial charge is 0.267 e. The van der Waals surface area contributed by atoms with Crippen molar-refractivity contribution in [1.82, 2.24) is 10.3 Å². The average Bonchev–Trinajstić information content (AvgIpc) is 2.98. The fourth-order valence-corrected chi connectivity index (χ4v) is 2.13. The first-order valence-corrected chi connectivity index (χ1v) is 6.72. The molecule has 2 aromatic rings. The Hall–Kier alpha value is -1.53. The summed E-state index contributed by atoms with van der Waals surface area (Å²) < 4.78 is 5.93. The van der Waals surface area contributed by atoms with Crippen molar-refractivity contribution in [3.05, 3.63) is 46.6 Å². The lowest BCUT2D eigenvalue weighted by Gasteiger charge is -2.16. The Balaban J connectivity index is 1.87. The summed E-state index contributed by atoms with van der Waals surface area (Å²) in [5.74, 6) is 0.300. The van der Waals surface area contributed by atoms with Crippen LogP contribution in [0.15, 0.2) is 39.5 Å². The minimum absolute atomic E-state index is 0.172. The number of nitrogens with one attached hydrogen (secondary N) is 2. The Morgan fingerprint density at radius 3 is 3.00 bits per heavy atom. The maximum atomic E-state index is 11.9. The Morgan fingerprint density at radius 1 is 1.63 bits per heavy atom. The highest BCUT2D eigenvalue weighted by Crippen LogP contribution is 2.18. The monoisotopic (exact) mass is 326 g/mol. The van der Waals surface area contributed by atoms with Crippen molar-refractivity contribution in [3.8, 4) is 0 Å². The molecule has 1 amide bonds. The molecule has 0 fully saturated rings. The van der Waals surface area contributed by atoms with Crippen LogP contribution in [-0.2, 0) is 0 Å². The fourth-order valence-electron chi connectivity index (χ4n) is 1.79. The summed E-state index contributed by atoms with van der Waals surface area (Å²) in [6, 6.07) is 4.96. The van der Waals surface area contributed by atoms with Crippen molar-refractivity contribution in [2.75, 3.05) is 0 Å². The second-order valence-corrected chi connectivity index (χ2v) is 5.29. The standard InChI is InChI=1S/C13H15BrN2O3/c1-8(5-11(17)12-3-2-4-19-12)16-13(18)10-6-9(14)7-15-10/h2-4,6-8,11,15,17H,5H2,1H3,(H,16,18)/t8-,11-/m1/s1. The van der Waals surface area contributed by atoms with Crippen molar-refractivity contribution in [3.63, 3.8) is 0 Å². The minimum Gasteiger partial charge on any atom is -0.467 e. The summed E-state index contributed by atoms with van der Waals surface area (Å²) in [7, 11) is 0. The summed E-state index contributed by atoms with van der Waals surface area (Å²) in [5.41, 5.74) is 0.478. The van der Waals surface area contributed by atoms with Crippen LogP contribution in [0.2, 0.25) is 0 Å². The van der Waals surface area contributed by atoms with Crippen LogP contribution in [0.3, 0.4) is 0 Å². The number of aliphatic hydroxyl groups excluding tert-OH is 1. The summed E-state index contributed by atoms with van der Waals surface area (Å²) in [6.07, 6.45) is 2.87. The van der Waals surface area contributed by atoms with Gasteiger partial charge in [-0.3, -0.25) is 4.79 Å². The van der Waals surface area contributed by atoms with Gasteiger partial charge in [0, 0.05) is 23.1 Å². The SMILES string of the molecule is C[C@H](C[C@@H](O)c1ccco1)NC(=O)c1cc(Br)c[nH]1. The van der Waals surface area contributed by atoms with E-state index >= 15 is 0 Å². The predicted octanol–water partition coefficient (Wildman–Crippen LogP) is 2.61. The van der Waals surface area contributed by atoms with Crippen LogP contribution in [0.25, 0.3) is 0 Å². The number of halogens is 1. The maximum absolute atomic E-state index is 11.9. The highest BCUT2D eigenvalue weighted by molar-refractivity contribution is 9.10. The number of aromatic nitrogens is 1. The molecule has 2 heterocycles. The lowest BCUT2D eigenvalue weighted by Crippen LogP contribution is -2.33. The fraction of sp³-hybridized carbons (Fsp3) is 0.308. The first kappa shape index (κ1) is 13.9. The van der Waals surface area contributed by atoms with E-state index in [9.17, 15) is 9.90 Å². The molecule has 19 heavy (non-hydrogen) atoms. The number of hydrogen-bond donors (Lipinski definition) is 3. The van der Waals surface area contributed by atoms with E-state index in [1.165, 1.54) is 6.26 Å². The molecule has 6 heteroatoms. The van der Waals surface area contributed by atoms with E-state index in [4.69, 9.17) is 4.42 Å². The van der Waals surface area contributed by atoms with Gasteiger partial charge >= 0.3 is 0 Å². The Kier molecular flexibility index (Phi) is 4.44. The van der Waals surface area contributed by atoms with E-state index < -0.39 is 6.10 Å². The largest absolute Gasteiger partial charge is 0.467 e. The van der Waals surface area contributed by atoms with Crippen molar-refractivity contribution in [2.24, 2.45) is 0 Å². The topological polar surface area (TPSA) is 78.3 Å². The van der Waals surface area contributed by atoms with E-state index in [1.54, 1.807) is 24.4 Å². The molecule has 2 atom stereocenters. The molecule has 0 saturated carbocycles. The zero-order valence-corrected chi connectivity index (χ0v) is 12.0. The zero-order chi connectivity index (χ0) is 13.8. The molecule has 5 nitrogen and oxygen atoms in total. The number of carbonyl (C=O) groups excluding carboxylic acids is 1. The van der Waals surface area contributed by atoms with Gasteiger partial charge in [-0.25, -0.2) is 0 Å². The molecule has 0 aliphatic carbocycles. The lowest BCUT2D eigenvalue weighted by molar-refractivity contribution is 0.0899. The van der Waals surface area contributed by atoms with Crippen LogP contribution in [-0.4, -0.2) is 22.0 Å². The van der Waals surface area contributed by atoms with Gasteiger partial charge in [0.1, 0.15) is 17.6 Å². The van der Waals surface area contributed by atoms with Crippen LogP contribution in [0.1, 0.15) is 35.7 Å². The summed E-state index contributed by atoms with van der Waals surface area (Å²) in [5, 5.41) is 12.7. The maximum Gasteiger partial charge on any atom is 0.267 e. The number of carbonyl (C=O) groups is 1. The van der Waals surface area contributed by atoms with Gasteiger partial charge in [0.25, 0.3) is 5.91 Å². The highest BCUT2D eigenvalue weighted by Gasteiger charge is 2.17. The van der Waals surface area contributed by atoms with Gasteiger partial charge in [-0.1, -0.05) is 0 Å². The van der Waals surface area contributed by atoms with Gasteiger partial charge in [0.2, 0.25) is 0 Å². The van der Waals surface area contributed by atoms with Crippen molar-refractivity contribution in [1.29, 1.82) is 0 Å². The molecule has 0 aliphatic rings. The van der Waals surface area contributed by atoms with Crippen LogP contribution in [0.4, 0.5) is 0 Å². The second-order valence-electron chi connectivity index (χ2n) is 4.37. The van der Waals surface area contributed by atoms with Gasteiger partial charge in [0.05, 0.1) is 6.26 Å². The normalized spacial score (nSPS) is 14.1. The average molecular weight is 327 g/mol. The van der Waals surface area contributed by atoms with E-state index in [0.717, 1.165) is 4.47 Å².